The molecule has 0 aromatic carbocycles. The molecule has 3 atom stereocenters. The van der Waals surface area contributed by atoms with Crippen LogP contribution >= 0.6 is 0 Å². The van der Waals surface area contributed by atoms with Crippen molar-refractivity contribution in [1.82, 2.24) is 5.32 Å². The number of amidine groups is 1. The van der Waals surface area contributed by atoms with E-state index in [9.17, 15) is 4.79 Å². The van der Waals surface area contributed by atoms with E-state index in [0.717, 1.165) is 12.8 Å². The van der Waals surface area contributed by atoms with Crippen LogP contribution in [0.15, 0.2) is 5.16 Å². The Bertz CT molecular complexity index is 347. The summed E-state index contributed by atoms with van der Waals surface area (Å²) in [6, 6.07) is 0.198. The molecule has 1 amide bonds. The van der Waals surface area contributed by atoms with E-state index in [4.69, 9.17) is 10.9 Å². The lowest BCUT2D eigenvalue weighted by Gasteiger charge is -2.34. The van der Waals surface area contributed by atoms with Crippen LogP contribution in [0.25, 0.3) is 0 Å². The average Bonchev–Trinajstić information content (AvgIpc) is 2.35. The fourth-order valence-electron chi connectivity index (χ4n) is 2.98. The first-order chi connectivity index (χ1) is 8.83. The number of carbonyl (C=O) groups is 1. The lowest BCUT2D eigenvalue weighted by atomic mass is 9.79. The van der Waals surface area contributed by atoms with Crippen LogP contribution in [0.5, 0.6) is 0 Å². The van der Waals surface area contributed by atoms with Gasteiger partial charge in [-0.25, -0.2) is 0 Å². The molecule has 0 aromatic rings. The highest BCUT2D eigenvalue weighted by atomic mass is 16.4. The van der Waals surface area contributed by atoms with Gasteiger partial charge in [-0.2, -0.15) is 0 Å². The Kier molecular flexibility index (Phi) is 5.20. The molecular formula is C14H27N3O2. The smallest absolute Gasteiger partial charge is 0.233 e. The van der Waals surface area contributed by atoms with Crippen LogP contribution in [0.3, 0.4) is 0 Å². The Labute approximate surface area is 115 Å². The first kappa shape index (κ1) is 15.8. The molecule has 0 radical (unpaired) electrons. The van der Waals surface area contributed by atoms with Crippen LogP contribution in [0, 0.1) is 17.3 Å². The summed E-state index contributed by atoms with van der Waals surface area (Å²) in [5.74, 6) is 1.09. The zero-order chi connectivity index (χ0) is 14.6. The molecule has 0 aliphatic heterocycles. The molecule has 1 fully saturated rings. The lowest BCUT2D eigenvalue weighted by Crippen LogP contribution is -2.51. The molecule has 0 bridgehead atoms. The maximum absolute atomic E-state index is 12.4. The highest BCUT2D eigenvalue weighted by Crippen LogP contribution is 2.30. The summed E-state index contributed by atoms with van der Waals surface area (Å²) in [6.07, 6.45) is 3.74. The first-order valence-corrected chi connectivity index (χ1v) is 7.12. The van der Waals surface area contributed by atoms with Gasteiger partial charge in [0.1, 0.15) is 5.41 Å². The fourth-order valence-corrected chi connectivity index (χ4v) is 2.98. The number of amides is 1. The summed E-state index contributed by atoms with van der Waals surface area (Å²) in [4.78, 5) is 12.4. The third kappa shape index (κ3) is 3.61. The third-order valence-corrected chi connectivity index (χ3v) is 4.40. The van der Waals surface area contributed by atoms with Crippen molar-refractivity contribution in [2.45, 2.75) is 59.4 Å². The summed E-state index contributed by atoms with van der Waals surface area (Å²) < 4.78 is 0. The molecule has 3 unspecified atom stereocenters. The molecule has 19 heavy (non-hydrogen) atoms. The van der Waals surface area contributed by atoms with Crippen molar-refractivity contribution >= 4 is 11.7 Å². The number of nitrogens with one attached hydrogen (secondary N) is 1. The molecule has 110 valence electrons. The normalized spacial score (nSPS) is 31.6. The van der Waals surface area contributed by atoms with Crippen LogP contribution in [-0.2, 0) is 4.79 Å². The fraction of sp³-hybridized carbons (Fsp3) is 0.857. The Hall–Kier alpha value is -1.26. The lowest BCUT2D eigenvalue weighted by molar-refractivity contribution is -0.128. The Morgan fingerprint density at radius 1 is 1.37 bits per heavy atom. The molecule has 5 nitrogen and oxygen atoms in total. The monoisotopic (exact) mass is 269 g/mol. The van der Waals surface area contributed by atoms with E-state index in [1.807, 2.05) is 6.92 Å². The van der Waals surface area contributed by atoms with Crippen LogP contribution in [0.2, 0.25) is 0 Å². The summed E-state index contributed by atoms with van der Waals surface area (Å²) >= 11 is 0. The van der Waals surface area contributed by atoms with E-state index in [2.05, 4.69) is 24.3 Å². The second-order valence-electron chi connectivity index (χ2n) is 6.26. The molecule has 0 spiro atoms. The van der Waals surface area contributed by atoms with Gasteiger partial charge >= 0.3 is 0 Å². The number of nitrogens with zero attached hydrogens (tertiary/aromatic N) is 1. The molecule has 1 aliphatic rings. The summed E-state index contributed by atoms with van der Waals surface area (Å²) in [7, 11) is 0. The minimum absolute atomic E-state index is 0.0237. The second kappa shape index (κ2) is 6.26. The number of hydrogen-bond donors (Lipinski definition) is 3. The van der Waals surface area contributed by atoms with Gasteiger partial charge in [-0.05, 0) is 44.4 Å². The average molecular weight is 269 g/mol. The van der Waals surface area contributed by atoms with E-state index in [0.29, 0.717) is 18.3 Å². The molecule has 0 aromatic heterocycles. The quantitative estimate of drug-likeness (QED) is 0.316. The van der Waals surface area contributed by atoms with Crippen molar-refractivity contribution < 1.29 is 10.0 Å². The third-order valence-electron chi connectivity index (χ3n) is 4.40. The van der Waals surface area contributed by atoms with Gasteiger partial charge < -0.3 is 16.3 Å². The van der Waals surface area contributed by atoms with E-state index in [1.165, 1.54) is 6.42 Å². The van der Waals surface area contributed by atoms with Gasteiger partial charge in [-0.3, -0.25) is 4.79 Å². The van der Waals surface area contributed by atoms with Crippen molar-refractivity contribution in [3.63, 3.8) is 0 Å². The predicted octanol–water partition coefficient (Wildman–Crippen LogP) is 2.09. The Morgan fingerprint density at radius 3 is 2.32 bits per heavy atom. The van der Waals surface area contributed by atoms with Crippen LogP contribution < -0.4 is 11.1 Å². The minimum Gasteiger partial charge on any atom is -0.409 e. The predicted molar refractivity (Wildman–Crippen MR) is 75.9 cm³/mol. The van der Waals surface area contributed by atoms with Crippen molar-refractivity contribution in [3.8, 4) is 0 Å². The second-order valence-corrected chi connectivity index (χ2v) is 6.26. The highest BCUT2D eigenvalue weighted by Gasteiger charge is 2.38. The van der Waals surface area contributed by atoms with Gasteiger partial charge in [-0.15, -0.1) is 0 Å². The van der Waals surface area contributed by atoms with Crippen molar-refractivity contribution in [2.24, 2.45) is 28.1 Å². The van der Waals surface area contributed by atoms with Gasteiger partial charge in [0.05, 0.1) is 0 Å². The van der Waals surface area contributed by atoms with Crippen molar-refractivity contribution in [1.29, 1.82) is 0 Å². The molecule has 4 N–H and O–H groups in total. The van der Waals surface area contributed by atoms with Crippen molar-refractivity contribution in [3.05, 3.63) is 0 Å². The maximum Gasteiger partial charge on any atom is 0.233 e. The van der Waals surface area contributed by atoms with Crippen LogP contribution in [0.1, 0.15) is 53.4 Å². The van der Waals surface area contributed by atoms with Gasteiger partial charge in [0.25, 0.3) is 0 Å². The number of carbonyl (C=O) groups excluding carboxylic acids is 1. The number of rotatable bonds is 4. The maximum atomic E-state index is 12.4. The number of nitrogens with two attached hydrogens (primary N) is 1. The number of oxime groups is 1. The number of hydrogen-bond acceptors (Lipinski definition) is 3. The van der Waals surface area contributed by atoms with Crippen molar-refractivity contribution in [2.75, 3.05) is 0 Å². The van der Waals surface area contributed by atoms with E-state index in [1.54, 1.807) is 6.92 Å². The molecule has 1 aliphatic carbocycles. The zero-order valence-electron chi connectivity index (χ0n) is 12.4. The van der Waals surface area contributed by atoms with E-state index < -0.39 is 5.41 Å². The molecule has 5 heteroatoms. The van der Waals surface area contributed by atoms with Gasteiger partial charge in [0, 0.05) is 6.04 Å². The summed E-state index contributed by atoms with van der Waals surface area (Å²) in [5.41, 5.74) is 4.73. The molecule has 1 rings (SSSR count). The first-order valence-electron chi connectivity index (χ1n) is 7.12. The van der Waals surface area contributed by atoms with Gasteiger partial charge in [0.15, 0.2) is 5.84 Å². The SMILES string of the molecule is CCC(C)(C(=O)NC1CC(C)CC(C)C1)C(N)=NO. The Balaban J connectivity index is 2.72. The van der Waals surface area contributed by atoms with Crippen LogP contribution in [-0.4, -0.2) is 23.0 Å². The van der Waals surface area contributed by atoms with E-state index >= 15 is 0 Å². The Morgan fingerprint density at radius 2 is 1.89 bits per heavy atom. The largest absolute Gasteiger partial charge is 0.409 e. The molecule has 0 heterocycles. The molecule has 0 saturated heterocycles. The highest BCUT2D eigenvalue weighted by molar-refractivity contribution is 6.06. The zero-order valence-corrected chi connectivity index (χ0v) is 12.4. The molecular weight excluding hydrogens is 242 g/mol. The summed E-state index contributed by atoms with van der Waals surface area (Å²) in [5, 5.41) is 14.9. The standard InChI is InChI=1S/C14H27N3O2/c1-5-14(4,12(15)17-19)13(18)16-11-7-9(2)6-10(3)8-11/h9-11,19H,5-8H2,1-4H3,(H2,15,17)(H,16,18). The van der Waals surface area contributed by atoms with Crippen LogP contribution in [0.4, 0.5) is 0 Å². The topological polar surface area (TPSA) is 87.7 Å². The van der Waals surface area contributed by atoms with Gasteiger partial charge in [0.2, 0.25) is 5.91 Å². The molecule has 1 saturated carbocycles. The summed E-state index contributed by atoms with van der Waals surface area (Å²) in [6.45, 7) is 8.02. The van der Waals surface area contributed by atoms with E-state index in [-0.39, 0.29) is 17.8 Å². The van der Waals surface area contributed by atoms with Gasteiger partial charge in [-0.1, -0.05) is 25.9 Å². The minimum atomic E-state index is -0.932.